The highest BCUT2D eigenvalue weighted by Gasteiger charge is 2.46. The van der Waals surface area contributed by atoms with Crippen molar-refractivity contribution in [1.29, 1.82) is 0 Å². The smallest absolute Gasteiger partial charge is 0.303 e. The Morgan fingerprint density at radius 1 is 0.923 bits per heavy atom. The molecule has 0 bridgehead atoms. The highest BCUT2D eigenvalue weighted by molar-refractivity contribution is 5.66. The number of rotatable bonds is 12. The number of nitrogens with zero attached hydrogens (tertiary/aromatic N) is 2. The van der Waals surface area contributed by atoms with Crippen molar-refractivity contribution in [2.75, 3.05) is 13.6 Å². The van der Waals surface area contributed by atoms with Crippen LogP contribution in [0.3, 0.4) is 0 Å². The summed E-state index contributed by atoms with van der Waals surface area (Å²) in [7, 11) is 2.21. The van der Waals surface area contributed by atoms with Crippen molar-refractivity contribution in [3.63, 3.8) is 0 Å². The van der Waals surface area contributed by atoms with Crippen LogP contribution in [0.4, 0.5) is 0 Å². The van der Waals surface area contributed by atoms with Crippen molar-refractivity contribution >= 4 is 5.97 Å². The van der Waals surface area contributed by atoms with E-state index in [0.717, 1.165) is 38.6 Å². The molecule has 0 unspecified atom stereocenters. The number of carbonyl (C=O) groups is 1. The summed E-state index contributed by atoms with van der Waals surface area (Å²) in [6, 6.07) is 0.486. The van der Waals surface area contributed by atoms with Crippen LogP contribution in [0.25, 0.3) is 0 Å². The van der Waals surface area contributed by atoms with Crippen LogP contribution in [0.2, 0.25) is 0 Å². The first-order valence-corrected chi connectivity index (χ1v) is 10.5. The molecule has 0 aromatic rings. The van der Waals surface area contributed by atoms with E-state index in [1.54, 1.807) is 0 Å². The minimum atomic E-state index is -0.679. The summed E-state index contributed by atoms with van der Waals surface area (Å²) in [5.41, 5.74) is -0.581. The average Bonchev–Trinajstić information content (AvgIpc) is 2.53. The minimum absolute atomic E-state index is 0.290. The summed E-state index contributed by atoms with van der Waals surface area (Å²) in [5, 5.41) is 22.4. The molecule has 0 amide bonds. The number of hydroxylamine groups is 2. The zero-order valence-corrected chi connectivity index (χ0v) is 17.7. The molecule has 1 rings (SSSR count). The van der Waals surface area contributed by atoms with Gasteiger partial charge >= 0.3 is 5.97 Å². The van der Waals surface area contributed by atoms with Gasteiger partial charge in [-0.2, -0.15) is 0 Å². The second-order valence-corrected chi connectivity index (χ2v) is 9.43. The monoisotopic (exact) mass is 369 g/mol. The zero-order valence-electron chi connectivity index (χ0n) is 17.7. The van der Waals surface area contributed by atoms with Crippen LogP contribution in [0, 0.1) is 0 Å². The third kappa shape index (κ3) is 7.93. The molecule has 0 aromatic carbocycles. The van der Waals surface area contributed by atoms with Crippen LogP contribution < -0.4 is 0 Å². The van der Waals surface area contributed by atoms with Gasteiger partial charge in [0.1, 0.15) is 0 Å². The molecule has 5 nitrogen and oxygen atoms in total. The van der Waals surface area contributed by atoms with Gasteiger partial charge in [0.05, 0.1) is 0 Å². The molecule has 1 N–H and O–H groups in total. The Bertz CT molecular complexity index is 405. The quantitative estimate of drug-likeness (QED) is 0.498. The van der Waals surface area contributed by atoms with Crippen molar-refractivity contribution in [2.24, 2.45) is 0 Å². The van der Waals surface area contributed by atoms with E-state index >= 15 is 0 Å². The summed E-state index contributed by atoms with van der Waals surface area (Å²) in [6.45, 7) is 9.38. The average molecular weight is 370 g/mol. The highest BCUT2D eigenvalue weighted by Crippen LogP contribution is 2.38. The van der Waals surface area contributed by atoms with Gasteiger partial charge in [-0.25, -0.2) is 0 Å². The van der Waals surface area contributed by atoms with E-state index in [1.807, 2.05) is 0 Å². The normalized spacial score (nSPS) is 20.6. The molecule has 1 fully saturated rings. The number of hydrogen-bond donors (Lipinski definition) is 1. The van der Waals surface area contributed by atoms with Gasteiger partial charge in [0.25, 0.3) is 0 Å². The first-order chi connectivity index (χ1) is 12.1. The number of carboxylic acid groups (broad SMARTS) is 1. The maximum absolute atomic E-state index is 12.5. The molecule has 0 saturated carbocycles. The maximum Gasteiger partial charge on any atom is 0.303 e. The minimum Gasteiger partial charge on any atom is -0.481 e. The summed E-state index contributed by atoms with van der Waals surface area (Å²) in [6.07, 6.45) is 11.4. The Labute approximate surface area is 160 Å². The largest absolute Gasteiger partial charge is 0.481 e. The number of aliphatic carboxylic acids is 1. The van der Waals surface area contributed by atoms with Gasteiger partial charge in [0.15, 0.2) is 0 Å². The lowest BCUT2D eigenvalue weighted by atomic mass is 9.78. The molecular formula is C21H41N2O3. The van der Waals surface area contributed by atoms with Crippen LogP contribution in [0.1, 0.15) is 98.3 Å². The van der Waals surface area contributed by atoms with Crippen molar-refractivity contribution in [2.45, 2.75) is 115 Å². The Morgan fingerprint density at radius 2 is 1.35 bits per heavy atom. The zero-order chi connectivity index (χ0) is 19.8. The van der Waals surface area contributed by atoms with Crippen molar-refractivity contribution < 1.29 is 15.1 Å². The molecule has 1 aliphatic heterocycles. The van der Waals surface area contributed by atoms with Gasteiger partial charge in [-0.15, -0.1) is 10.3 Å². The Balaban J connectivity index is 2.13. The first kappa shape index (κ1) is 23.4. The fourth-order valence-electron chi connectivity index (χ4n) is 4.40. The Morgan fingerprint density at radius 3 is 1.81 bits per heavy atom. The van der Waals surface area contributed by atoms with Crippen LogP contribution >= 0.6 is 0 Å². The van der Waals surface area contributed by atoms with E-state index in [-0.39, 0.29) is 11.1 Å². The third-order valence-corrected chi connectivity index (χ3v) is 5.84. The third-order valence-electron chi connectivity index (χ3n) is 5.84. The molecule has 0 aromatic heterocycles. The number of unbranched alkanes of at least 4 members (excludes halogenated alkanes) is 7. The van der Waals surface area contributed by atoms with Gasteiger partial charge in [-0.3, -0.25) is 4.79 Å². The molecule has 1 radical (unpaired) electrons. The van der Waals surface area contributed by atoms with Crippen LogP contribution in [-0.2, 0) is 10.0 Å². The number of carboxylic acids is 1. The number of hydrogen-bond acceptors (Lipinski definition) is 3. The van der Waals surface area contributed by atoms with Gasteiger partial charge in [0.2, 0.25) is 0 Å². The van der Waals surface area contributed by atoms with E-state index in [1.165, 1.54) is 37.2 Å². The van der Waals surface area contributed by atoms with Crippen molar-refractivity contribution in [3.8, 4) is 0 Å². The molecule has 1 aliphatic rings. The lowest BCUT2D eigenvalue weighted by molar-refractivity contribution is -0.294. The second kappa shape index (κ2) is 10.6. The van der Waals surface area contributed by atoms with Gasteiger partial charge in [0, 0.05) is 23.5 Å². The lowest BCUT2D eigenvalue weighted by Crippen LogP contribution is -2.62. The fourth-order valence-corrected chi connectivity index (χ4v) is 4.40. The molecule has 0 spiro atoms. The SMILES string of the molecule is CN(CCCCCCCCCCC(=O)O)C1CC(C)(C)N([O])C(C)(C)C1. The molecule has 153 valence electrons. The topological polar surface area (TPSA) is 63.7 Å². The maximum atomic E-state index is 12.5. The molecule has 26 heavy (non-hydrogen) atoms. The van der Waals surface area contributed by atoms with Crippen LogP contribution in [-0.4, -0.2) is 51.8 Å². The first-order valence-electron chi connectivity index (χ1n) is 10.5. The van der Waals surface area contributed by atoms with Crippen LogP contribution in [0.15, 0.2) is 0 Å². The summed E-state index contributed by atoms with van der Waals surface area (Å²) >= 11 is 0. The molecule has 5 heteroatoms. The molecule has 1 heterocycles. The molecular weight excluding hydrogens is 328 g/mol. The molecule has 1 saturated heterocycles. The number of piperidine rings is 1. The van der Waals surface area contributed by atoms with Crippen molar-refractivity contribution in [1.82, 2.24) is 9.96 Å². The summed E-state index contributed by atoms with van der Waals surface area (Å²) in [4.78, 5) is 12.9. The van der Waals surface area contributed by atoms with E-state index in [2.05, 4.69) is 39.6 Å². The second-order valence-electron chi connectivity index (χ2n) is 9.43. The van der Waals surface area contributed by atoms with Crippen LogP contribution in [0.5, 0.6) is 0 Å². The van der Waals surface area contributed by atoms with E-state index in [4.69, 9.17) is 5.11 Å². The molecule has 0 atom stereocenters. The standard InChI is InChI=1S/C21H41N2O3/c1-20(2)16-18(17-21(3,4)23(20)26)22(5)15-13-11-9-7-6-8-10-12-14-19(24)25/h18H,6-17H2,1-5H3,(H,24,25). The Kier molecular flexibility index (Phi) is 9.56. The van der Waals surface area contributed by atoms with Gasteiger partial charge in [-0.05, 0) is 67.0 Å². The van der Waals surface area contributed by atoms with Gasteiger partial charge in [-0.1, -0.05) is 38.5 Å². The summed E-state index contributed by atoms with van der Waals surface area (Å²) < 4.78 is 0. The van der Waals surface area contributed by atoms with E-state index in [9.17, 15) is 10.0 Å². The highest BCUT2D eigenvalue weighted by atomic mass is 16.5. The Hall–Kier alpha value is -0.650. The van der Waals surface area contributed by atoms with E-state index < -0.39 is 5.97 Å². The van der Waals surface area contributed by atoms with Gasteiger partial charge < -0.3 is 10.0 Å². The molecule has 0 aliphatic carbocycles. The predicted molar refractivity (Wildman–Crippen MR) is 106 cm³/mol. The van der Waals surface area contributed by atoms with Crippen molar-refractivity contribution in [3.05, 3.63) is 0 Å². The fraction of sp³-hybridized carbons (Fsp3) is 0.952. The lowest BCUT2D eigenvalue weighted by Gasteiger charge is -2.51. The van der Waals surface area contributed by atoms with E-state index in [0.29, 0.717) is 12.5 Å². The predicted octanol–water partition coefficient (Wildman–Crippen LogP) is 4.88. The summed E-state index contributed by atoms with van der Waals surface area (Å²) in [5.74, 6) is -0.679.